The van der Waals surface area contributed by atoms with E-state index in [9.17, 15) is 23.6 Å². The SMILES string of the molecule is Cc1cccc(C(=O)NN2C[C@@H](C(=O)OCC(=O)c3ccc(F)cc3)CC2=O)c1. The van der Waals surface area contributed by atoms with Crippen LogP contribution in [0.3, 0.4) is 0 Å². The lowest BCUT2D eigenvalue weighted by molar-refractivity contribution is -0.147. The molecule has 0 aromatic heterocycles. The maximum Gasteiger partial charge on any atom is 0.311 e. The number of nitrogens with zero attached hydrogens (tertiary/aromatic N) is 1. The summed E-state index contributed by atoms with van der Waals surface area (Å²) >= 11 is 0. The number of ketones is 1. The average molecular weight is 398 g/mol. The molecule has 1 aliphatic rings. The second kappa shape index (κ2) is 8.64. The number of aryl methyl sites for hydroxylation is 1. The molecule has 0 aliphatic carbocycles. The lowest BCUT2D eigenvalue weighted by Crippen LogP contribution is -2.43. The Labute approximate surface area is 166 Å². The molecule has 29 heavy (non-hydrogen) atoms. The van der Waals surface area contributed by atoms with Crippen LogP contribution in [0.2, 0.25) is 0 Å². The number of esters is 1. The van der Waals surface area contributed by atoms with Crippen molar-refractivity contribution < 1.29 is 28.3 Å². The molecule has 0 unspecified atom stereocenters. The van der Waals surface area contributed by atoms with Gasteiger partial charge in [-0.25, -0.2) is 4.39 Å². The first-order chi connectivity index (χ1) is 13.8. The van der Waals surface area contributed by atoms with Crippen LogP contribution in [0, 0.1) is 18.7 Å². The Morgan fingerprint density at radius 2 is 1.86 bits per heavy atom. The number of hydrogen-bond acceptors (Lipinski definition) is 5. The predicted molar refractivity (Wildman–Crippen MR) is 100 cm³/mol. The van der Waals surface area contributed by atoms with Gasteiger partial charge in [0.15, 0.2) is 12.4 Å². The van der Waals surface area contributed by atoms with Crippen LogP contribution in [0.25, 0.3) is 0 Å². The van der Waals surface area contributed by atoms with E-state index >= 15 is 0 Å². The Kier molecular flexibility index (Phi) is 6.01. The van der Waals surface area contributed by atoms with Gasteiger partial charge in [0.05, 0.1) is 12.5 Å². The Hall–Kier alpha value is -3.55. The average Bonchev–Trinajstić information content (AvgIpc) is 3.07. The standard InChI is InChI=1S/C21H19FN2O5/c1-13-3-2-4-15(9-13)20(27)23-24-11-16(10-19(24)26)21(28)29-12-18(25)14-5-7-17(22)8-6-14/h2-9,16H,10-12H2,1H3,(H,23,27)/t16-/m0/s1. The van der Waals surface area contributed by atoms with Crippen molar-refractivity contribution in [1.82, 2.24) is 10.4 Å². The smallest absolute Gasteiger partial charge is 0.311 e. The van der Waals surface area contributed by atoms with Crippen LogP contribution in [0.15, 0.2) is 48.5 Å². The molecule has 150 valence electrons. The van der Waals surface area contributed by atoms with E-state index in [1.165, 1.54) is 12.1 Å². The number of benzene rings is 2. The summed E-state index contributed by atoms with van der Waals surface area (Å²) in [6, 6.07) is 11.8. The highest BCUT2D eigenvalue weighted by atomic mass is 19.1. The fourth-order valence-corrected chi connectivity index (χ4v) is 2.92. The summed E-state index contributed by atoms with van der Waals surface area (Å²) in [4.78, 5) is 48.6. The van der Waals surface area contributed by atoms with Crippen LogP contribution in [0.1, 0.15) is 32.7 Å². The van der Waals surface area contributed by atoms with Crippen molar-refractivity contribution in [2.45, 2.75) is 13.3 Å². The minimum absolute atomic E-state index is 0.0417. The number of Topliss-reactive ketones (excluding diaryl/α,β-unsaturated/α-hetero) is 1. The molecule has 0 bridgehead atoms. The molecule has 0 saturated carbocycles. The van der Waals surface area contributed by atoms with E-state index in [0.717, 1.165) is 22.7 Å². The van der Waals surface area contributed by atoms with E-state index in [4.69, 9.17) is 4.74 Å². The van der Waals surface area contributed by atoms with Gasteiger partial charge in [-0.1, -0.05) is 17.7 Å². The summed E-state index contributed by atoms with van der Waals surface area (Å²) in [5.41, 5.74) is 4.00. The molecule has 2 amide bonds. The second-order valence-corrected chi connectivity index (χ2v) is 6.75. The van der Waals surface area contributed by atoms with Gasteiger partial charge in [-0.15, -0.1) is 0 Å². The third-order valence-corrected chi connectivity index (χ3v) is 4.49. The zero-order chi connectivity index (χ0) is 21.0. The molecule has 1 saturated heterocycles. The number of carbonyl (C=O) groups is 4. The number of amides is 2. The van der Waals surface area contributed by atoms with Crippen molar-refractivity contribution in [3.05, 3.63) is 71.0 Å². The molecule has 8 heteroatoms. The van der Waals surface area contributed by atoms with E-state index < -0.39 is 41.9 Å². The molecule has 0 spiro atoms. The van der Waals surface area contributed by atoms with Gasteiger partial charge < -0.3 is 4.74 Å². The molecule has 2 aromatic carbocycles. The summed E-state index contributed by atoms with van der Waals surface area (Å²) < 4.78 is 17.9. The number of carbonyl (C=O) groups excluding carboxylic acids is 4. The first-order valence-electron chi connectivity index (χ1n) is 8.97. The third kappa shape index (κ3) is 5.04. The molecule has 7 nitrogen and oxygen atoms in total. The number of nitrogens with one attached hydrogen (secondary N) is 1. The van der Waals surface area contributed by atoms with E-state index in [1.54, 1.807) is 18.2 Å². The third-order valence-electron chi connectivity index (χ3n) is 4.49. The predicted octanol–water partition coefficient (Wildman–Crippen LogP) is 2.05. The van der Waals surface area contributed by atoms with Crippen LogP contribution in [-0.4, -0.2) is 41.7 Å². The molecular formula is C21H19FN2O5. The zero-order valence-electron chi connectivity index (χ0n) is 15.7. The molecule has 1 fully saturated rings. The van der Waals surface area contributed by atoms with Crippen LogP contribution in [-0.2, 0) is 14.3 Å². The van der Waals surface area contributed by atoms with Crippen LogP contribution in [0.4, 0.5) is 4.39 Å². The Morgan fingerprint density at radius 1 is 1.14 bits per heavy atom. The number of hydrogen-bond donors (Lipinski definition) is 1. The summed E-state index contributed by atoms with van der Waals surface area (Å²) in [6.07, 6.45) is -0.127. The molecule has 1 atom stereocenters. The van der Waals surface area contributed by atoms with Crippen molar-refractivity contribution in [3.63, 3.8) is 0 Å². The fraction of sp³-hybridized carbons (Fsp3) is 0.238. The van der Waals surface area contributed by atoms with E-state index in [2.05, 4.69) is 5.43 Å². The molecular weight excluding hydrogens is 379 g/mol. The lowest BCUT2D eigenvalue weighted by Gasteiger charge is -2.17. The Morgan fingerprint density at radius 3 is 2.55 bits per heavy atom. The minimum atomic E-state index is -0.790. The molecule has 0 radical (unpaired) electrons. The molecule has 1 heterocycles. The van der Waals surface area contributed by atoms with Gasteiger partial charge in [-0.2, -0.15) is 0 Å². The maximum atomic E-state index is 12.9. The van der Waals surface area contributed by atoms with Gasteiger partial charge in [-0.3, -0.25) is 29.6 Å². The van der Waals surface area contributed by atoms with E-state index in [0.29, 0.717) is 5.56 Å². The van der Waals surface area contributed by atoms with Crippen LogP contribution in [0.5, 0.6) is 0 Å². The summed E-state index contributed by atoms with van der Waals surface area (Å²) in [6.45, 7) is 1.29. The van der Waals surface area contributed by atoms with E-state index in [1.807, 2.05) is 13.0 Å². The summed E-state index contributed by atoms with van der Waals surface area (Å²) in [5.74, 6) is -3.33. The largest absolute Gasteiger partial charge is 0.457 e. The van der Waals surface area contributed by atoms with Crippen LogP contribution < -0.4 is 5.43 Å². The van der Waals surface area contributed by atoms with Crippen molar-refractivity contribution in [2.24, 2.45) is 5.92 Å². The van der Waals surface area contributed by atoms with Crippen molar-refractivity contribution >= 4 is 23.6 Å². The van der Waals surface area contributed by atoms with Gasteiger partial charge in [0.1, 0.15) is 5.82 Å². The number of ether oxygens (including phenoxy) is 1. The number of hydrazine groups is 1. The normalized spacial score (nSPS) is 15.9. The fourth-order valence-electron chi connectivity index (χ4n) is 2.92. The maximum absolute atomic E-state index is 12.9. The molecule has 1 aliphatic heterocycles. The van der Waals surface area contributed by atoms with Gasteiger partial charge >= 0.3 is 5.97 Å². The Bertz CT molecular complexity index is 958. The quantitative estimate of drug-likeness (QED) is 0.594. The highest BCUT2D eigenvalue weighted by Gasteiger charge is 2.36. The highest BCUT2D eigenvalue weighted by molar-refractivity contribution is 5.99. The van der Waals surface area contributed by atoms with E-state index in [-0.39, 0.29) is 18.5 Å². The van der Waals surface area contributed by atoms with Gasteiger partial charge in [0.2, 0.25) is 5.91 Å². The monoisotopic (exact) mass is 398 g/mol. The lowest BCUT2D eigenvalue weighted by atomic mass is 10.1. The molecule has 3 rings (SSSR count). The number of halogens is 1. The first-order valence-corrected chi connectivity index (χ1v) is 8.97. The van der Waals surface area contributed by atoms with Gasteiger partial charge in [0, 0.05) is 17.5 Å². The first kappa shape index (κ1) is 20.2. The van der Waals surface area contributed by atoms with Crippen molar-refractivity contribution in [1.29, 1.82) is 0 Å². The topological polar surface area (TPSA) is 92.8 Å². The van der Waals surface area contributed by atoms with Gasteiger partial charge in [0.25, 0.3) is 5.91 Å². The molecule has 1 N–H and O–H groups in total. The van der Waals surface area contributed by atoms with Gasteiger partial charge in [-0.05, 0) is 43.3 Å². The van der Waals surface area contributed by atoms with Crippen molar-refractivity contribution in [2.75, 3.05) is 13.2 Å². The summed E-state index contributed by atoms with van der Waals surface area (Å²) in [7, 11) is 0. The highest BCUT2D eigenvalue weighted by Crippen LogP contribution is 2.18. The second-order valence-electron chi connectivity index (χ2n) is 6.75. The molecule has 2 aromatic rings. The Balaban J connectivity index is 1.52. The van der Waals surface area contributed by atoms with Crippen LogP contribution >= 0.6 is 0 Å². The minimum Gasteiger partial charge on any atom is -0.457 e. The zero-order valence-corrected chi connectivity index (χ0v) is 15.7. The number of rotatable bonds is 6. The summed E-state index contributed by atoms with van der Waals surface area (Å²) in [5, 5.41) is 1.08. The van der Waals surface area contributed by atoms with Crippen molar-refractivity contribution in [3.8, 4) is 0 Å².